The number of nitrogens with one attached hydrogen (secondary N) is 2. The number of carbonyl (C=O) groups excluding carboxylic acids is 3. The molecule has 0 bridgehead atoms. The molecule has 0 spiro atoms. The van der Waals surface area contributed by atoms with Gasteiger partial charge in [0.25, 0.3) is 0 Å². The van der Waals surface area contributed by atoms with Gasteiger partial charge in [-0.2, -0.15) is 0 Å². The molecular weight excluding hydrogens is 322 g/mol. The minimum Gasteiger partial charge on any atom is -0.465 e. The van der Waals surface area contributed by atoms with Crippen molar-refractivity contribution in [2.45, 2.75) is 19.4 Å². The van der Waals surface area contributed by atoms with Crippen molar-refractivity contribution in [2.75, 3.05) is 26.7 Å². The quantitative estimate of drug-likeness (QED) is 0.516. The smallest absolute Gasteiger partial charge is 0.323 e. The predicted molar refractivity (Wildman–Crippen MR) is 94.9 cm³/mol. The van der Waals surface area contributed by atoms with Gasteiger partial charge < -0.3 is 10.1 Å². The molecule has 3 amide bonds. The highest BCUT2D eigenvalue weighted by Crippen LogP contribution is 2.09. The van der Waals surface area contributed by atoms with Crippen LogP contribution in [0.2, 0.25) is 0 Å². The molecule has 0 saturated carbocycles. The van der Waals surface area contributed by atoms with E-state index in [2.05, 4.69) is 17.2 Å². The summed E-state index contributed by atoms with van der Waals surface area (Å²) in [5.41, 5.74) is 0.955. The molecule has 1 atom stereocenters. The minimum atomic E-state index is -0.621. The lowest BCUT2D eigenvalue weighted by Gasteiger charge is -2.25. The highest BCUT2D eigenvalue weighted by molar-refractivity contribution is 5.95. The molecule has 0 aliphatic rings. The van der Waals surface area contributed by atoms with E-state index in [4.69, 9.17) is 4.74 Å². The lowest BCUT2D eigenvalue weighted by molar-refractivity contribution is -0.149. The van der Waals surface area contributed by atoms with Gasteiger partial charge in [0.2, 0.25) is 5.91 Å². The van der Waals surface area contributed by atoms with E-state index in [0.717, 1.165) is 5.56 Å². The molecular formula is C18H25N3O4. The number of benzene rings is 1. The molecule has 2 N–H and O–H groups in total. The Hall–Kier alpha value is -2.67. The van der Waals surface area contributed by atoms with Crippen LogP contribution in [-0.2, 0) is 20.7 Å². The number of rotatable bonds is 9. The van der Waals surface area contributed by atoms with Gasteiger partial charge in [0.05, 0.1) is 13.2 Å². The van der Waals surface area contributed by atoms with Gasteiger partial charge in [-0.1, -0.05) is 36.4 Å². The van der Waals surface area contributed by atoms with E-state index in [1.54, 1.807) is 18.9 Å². The van der Waals surface area contributed by atoms with Gasteiger partial charge in [-0.05, 0) is 26.0 Å². The van der Waals surface area contributed by atoms with E-state index in [0.29, 0.717) is 6.42 Å². The second kappa shape index (κ2) is 11.0. The average molecular weight is 347 g/mol. The number of carbonyl (C=O) groups is 3. The zero-order valence-electron chi connectivity index (χ0n) is 14.7. The third-order valence-electron chi connectivity index (χ3n) is 3.42. The standard InChI is InChI=1S/C18H25N3O4/c1-4-11-19-18(24)20-16(22)13-21(3)15(17(23)25-5-2)12-14-9-7-6-8-10-14/h4,6-10,15H,1,5,11-13H2,2-3H3,(H2,19,20,22,24)/t15-/m0/s1. The second-order valence-corrected chi connectivity index (χ2v) is 5.42. The maximum absolute atomic E-state index is 12.2. The Labute approximate surface area is 148 Å². The Bertz CT molecular complexity index is 589. The molecule has 25 heavy (non-hydrogen) atoms. The number of urea groups is 1. The number of nitrogens with zero attached hydrogens (tertiary/aromatic N) is 1. The van der Waals surface area contributed by atoms with Gasteiger partial charge in [-0.25, -0.2) is 4.79 Å². The second-order valence-electron chi connectivity index (χ2n) is 5.42. The molecule has 7 heteroatoms. The molecule has 0 aliphatic heterocycles. The summed E-state index contributed by atoms with van der Waals surface area (Å²) in [5, 5.41) is 4.65. The zero-order chi connectivity index (χ0) is 18.7. The summed E-state index contributed by atoms with van der Waals surface area (Å²) in [6.45, 7) is 5.61. The molecule has 1 rings (SSSR count). The molecule has 1 aromatic carbocycles. The minimum absolute atomic E-state index is 0.113. The number of likely N-dealkylation sites (N-methyl/N-ethyl adjacent to an activating group) is 1. The summed E-state index contributed by atoms with van der Waals surface area (Å²) in [6, 6.07) is 8.24. The third kappa shape index (κ3) is 7.63. The highest BCUT2D eigenvalue weighted by Gasteiger charge is 2.26. The van der Waals surface area contributed by atoms with Crippen molar-refractivity contribution in [3.63, 3.8) is 0 Å². The van der Waals surface area contributed by atoms with Crippen LogP contribution in [0.25, 0.3) is 0 Å². The summed E-state index contributed by atoms with van der Waals surface area (Å²) in [7, 11) is 1.64. The molecule has 0 heterocycles. The maximum Gasteiger partial charge on any atom is 0.323 e. The van der Waals surface area contributed by atoms with E-state index in [1.165, 1.54) is 6.08 Å². The first-order chi connectivity index (χ1) is 12.0. The van der Waals surface area contributed by atoms with Crippen LogP contribution >= 0.6 is 0 Å². The van der Waals surface area contributed by atoms with Crippen molar-refractivity contribution in [3.05, 3.63) is 48.6 Å². The van der Waals surface area contributed by atoms with E-state index >= 15 is 0 Å². The van der Waals surface area contributed by atoms with Gasteiger partial charge in [0.1, 0.15) is 6.04 Å². The Kier molecular flexibility index (Phi) is 8.95. The molecule has 7 nitrogen and oxygen atoms in total. The molecule has 1 aromatic rings. The summed E-state index contributed by atoms with van der Waals surface area (Å²) >= 11 is 0. The van der Waals surface area contributed by atoms with Crippen LogP contribution < -0.4 is 10.6 Å². The van der Waals surface area contributed by atoms with E-state index in [1.807, 2.05) is 30.3 Å². The number of amides is 3. The van der Waals surface area contributed by atoms with Gasteiger partial charge in [-0.3, -0.25) is 19.8 Å². The van der Waals surface area contributed by atoms with Crippen LogP contribution in [0.3, 0.4) is 0 Å². The zero-order valence-corrected chi connectivity index (χ0v) is 14.7. The number of ether oxygens (including phenoxy) is 1. The van der Waals surface area contributed by atoms with Crippen molar-refractivity contribution >= 4 is 17.9 Å². The number of hydrogen-bond donors (Lipinski definition) is 2. The number of imide groups is 1. The van der Waals surface area contributed by atoms with Crippen LogP contribution in [0.4, 0.5) is 4.79 Å². The summed E-state index contributed by atoms with van der Waals surface area (Å²) in [6.07, 6.45) is 1.92. The van der Waals surface area contributed by atoms with Gasteiger partial charge in [-0.15, -0.1) is 6.58 Å². The fourth-order valence-corrected chi connectivity index (χ4v) is 2.21. The normalized spacial score (nSPS) is 11.5. The lowest BCUT2D eigenvalue weighted by Crippen LogP contribution is -2.48. The van der Waals surface area contributed by atoms with Crippen molar-refractivity contribution < 1.29 is 19.1 Å². The average Bonchev–Trinajstić information content (AvgIpc) is 2.58. The van der Waals surface area contributed by atoms with Crippen LogP contribution in [0.5, 0.6) is 0 Å². The SMILES string of the molecule is C=CCNC(=O)NC(=O)CN(C)[C@@H](Cc1ccccc1)C(=O)OCC. The van der Waals surface area contributed by atoms with Crippen molar-refractivity contribution in [1.82, 2.24) is 15.5 Å². The first-order valence-corrected chi connectivity index (χ1v) is 8.07. The van der Waals surface area contributed by atoms with E-state index in [-0.39, 0.29) is 19.7 Å². The first-order valence-electron chi connectivity index (χ1n) is 8.07. The summed E-state index contributed by atoms with van der Waals surface area (Å²) in [4.78, 5) is 37.3. The van der Waals surface area contributed by atoms with Crippen molar-refractivity contribution in [3.8, 4) is 0 Å². The van der Waals surface area contributed by atoms with Crippen molar-refractivity contribution in [2.24, 2.45) is 0 Å². The molecule has 0 aliphatic carbocycles. The number of esters is 1. The maximum atomic E-state index is 12.2. The molecule has 0 unspecified atom stereocenters. The summed E-state index contributed by atoms with van der Waals surface area (Å²) in [5.74, 6) is -0.913. The topological polar surface area (TPSA) is 87.7 Å². The van der Waals surface area contributed by atoms with Crippen LogP contribution in [0.15, 0.2) is 43.0 Å². The molecule has 136 valence electrons. The van der Waals surface area contributed by atoms with Gasteiger partial charge in [0.15, 0.2) is 0 Å². The van der Waals surface area contributed by atoms with Crippen LogP contribution in [0.1, 0.15) is 12.5 Å². The van der Waals surface area contributed by atoms with E-state index in [9.17, 15) is 14.4 Å². The molecule has 0 saturated heterocycles. The van der Waals surface area contributed by atoms with Gasteiger partial charge in [0, 0.05) is 6.54 Å². The predicted octanol–water partition coefficient (Wildman–Crippen LogP) is 1.10. The summed E-state index contributed by atoms with van der Waals surface area (Å²) < 4.78 is 5.11. The monoisotopic (exact) mass is 347 g/mol. The Morgan fingerprint density at radius 2 is 1.96 bits per heavy atom. The van der Waals surface area contributed by atoms with Crippen LogP contribution in [-0.4, -0.2) is 55.6 Å². The fourth-order valence-electron chi connectivity index (χ4n) is 2.21. The van der Waals surface area contributed by atoms with E-state index < -0.39 is 23.9 Å². The number of hydrogen-bond acceptors (Lipinski definition) is 5. The molecule has 0 aromatic heterocycles. The largest absolute Gasteiger partial charge is 0.465 e. The van der Waals surface area contributed by atoms with Gasteiger partial charge >= 0.3 is 12.0 Å². The Morgan fingerprint density at radius 1 is 1.28 bits per heavy atom. The Balaban J connectivity index is 2.69. The Morgan fingerprint density at radius 3 is 2.56 bits per heavy atom. The molecule has 0 fully saturated rings. The first kappa shape index (κ1) is 20.4. The fraction of sp³-hybridized carbons (Fsp3) is 0.389. The van der Waals surface area contributed by atoms with Crippen molar-refractivity contribution in [1.29, 1.82) is 0 Å². The lowest BCUT2D eigenvalue weighted by atomic mass is 10.0. The third-order valence-corrected chi connectivity index (χ3v) is 3.42. The highest BCUT2D eigenvalue weighted by atomic mass is 16.5. The molecule has 0 radical (unpaired) electrons. The van der Waals surface area contributed by atoms with Crippen LogP contribution in [0, 0.1) is 0 Å².